The number of ether oxygens (including phenoxy) is 1. The van der Waals surface area contributed by atoms with Crippen molar-refractivity contribution in [1.29, 1.82) is 5.26 Å². The van der Waals surface area contributed by atoms with Gasteiger partial charge in [-0.3, -0.25) is 14.9 Å². The molecule has 0 aliphatic rings. The van der Waals surface area contributed by atoms with E-state index in [0.29, 0.717) is 0 Å². The molecule has 0 radical (unpaired) electrons. The van der Waals surface area contributed by atoms with Gasteiger partial charge in [0.15, 0.2) is 6.21 Å². The summed E-state index contributed by atoms with van der Waals surface area (Å²) in [6, 6.07) is 1.11. The number of alkyl carbamates (subject to hydrolysis) is 1. The minimum absolute atomic E-state index is 0.112. The Balaban J connectivity index is 5.04. The van der Waals surface area contributed by atoms with E-state index in [2.05, 4.69) is 15.0 Å². The largest absolute Gasteiger partial charge is 0.450 e. The average Bonchev–Trinajstić information content (AvgIpc) is 2.41. The van der Waals surface area contributed by atoms with Crippen molar-refractivity contribution < 1.29 is 24.1 Å². The highest BCUT2D eigenvalue weighted by Crippen LogP contribution is 2.15. The van der Waals surface area contributed by atoms with Crippen LogP contribution in [0.25, 0.3) is 0 Å². The van der Waals surface area contributed by atoms with Crippen molar-refractivity contribution >= 4 is 24.1 Å². The maximum Gasteiger partial charge on any atom is 0.413 e. The summed E-state index contributed by atoms with van der Waals surface area (Å²) in [7, 11) is 1.50. The molecule has 0 aromatic rings. The number of hydrogen-bond acceptors (Lipinski definition) is 5. The number of likely N-dealkylation sites (N-methyl/N-ethyl adjacent to an activating group) is 1. The molecule has 0 aliphatic carbocycles. The Bertz CT molecular complexity index is 488. The van der Waals surface area contributed by atoms with Gasteiger partial charge in [-0.05, 0) is 6.92 Å². The third kappa shape index (κ3) is 6.35. The number of rotatable bonds is 5. The van der Waals surface area contributed by atoms with Crippen LogP contribution in [0.4, 0.5) is 4.79 Å². The van der Waals surface area contributed by atoms with Crippen molar-refractivity contribution in [2.45, 2.75) is 33.7 Å². The first kappa shape index (κ1) is 19.6. The second-order valence-electron chi connectivity index (χ2n) is 5.56. The molecule has 0 unspecified atom stereocenters. The molecule has 3 amide bonds. The fourth-order valence-corrected chi connectivity index (χ4v) is 1.57. The Morgan fingerprint density at radius 3 is 2.32 bits per heavy atom. The number of amides is 3. The molecule has 3 N–H and O–H groups in total. The minimum Gasteiger partial charge on any atom is -0.450 e. The van der Waals surface area contributed by atoms with Gasteiger partial charge in [-0.2, -0.15) is 5.26 Å². The second-order valence-corrected chi connectivity index (χ2v) is 5.56. The standard InChI is InChI=1S/C14H22N4O4/c1-6-22-13(21)18-11(19)9(7-15)8-17-10(12(20)16-5)14(2,3)4/h8-10H,6H2,1-5H3,(H,16,20)(H,18,19,21)/p+1/t9-,10-/m0/s1. The van der Waals surface area contributed by atoms with Gasteiger partial charge in [0.05, 0.1) is 12.7 Å². The zero-order valence-corrected chi connectivity index (χ0v) is 13.5. The van der Waals surface area contributed by atoms with Crippen LogP contribution in [0.15, 0.2) is 0 Å². The number of carbonyl (C=O) groups is 3. The smallest absolute Gasteiger partial charge is 0.413 e. The zero-order chi connectivity index (χ0) is 17.3. The van der Waals surface area contributed by atoms with E-state index in [-0.39, 0.29) is 12.5 Å². The Morgan fingerprint density at radius 2 is 1.91 bits per heavy atom. The number of carbonyl (C=O) groups excluding carboxylic acids is 3. The third-order valence-corrected chi connectivity index (χ3v) is 2.73. The Kier molecular flexibility index (Phi) is 7.80. The number of nitriles is 1. The highest BCUT2D eigenvalue weighted by atomic mass is 16.5. The summed E-state index contributed by atoms with van der Waals surface area (Å²) in [5.41, 5.74) is -0.436. The van der Waals surface area contributed by atoms with E-state index < -0.39 is 29.4 Å². The SMILES string of the molecule is CCOC(=O)NC(=O)[C@@H](C#N)C=[NH+][C@@H](C(=O)NC)C(C)(C)C. The highest BCUT2D eigenvalue weighted by Gasteiger charge is 2.35. The number of nitrogens with zero attached hydrogens (tertiary/aromatic N) is 1. The summed E-state index contributed by atoms with van der Waals surface area (Å²) in [6.07, 6.45) is 0.277. The lowest BCUT2D eigenvalue weighted by atomic mass is 9.86. The molecule has 0 aliphatic heterocycles. The second kappa shape index (κ2) is 8.77. The molecule has 122 valence electrons. The Labute approximate surface area is 129 Å². The maximum atomic E-state index is 11.8. The summed E-state index contributed by atoms with van der Waals surface area (Å²) in [6.45, 7) is 7.23. The molecule has 0 aromatic heterocycles. The molecular weight excluding hydrogens is 288 g/mol. The minimum atomic E-state index is -1.24. The van der Waals surface area contributed by atoms with Gasteiger partial charge in [0.25, 0.3) is 11.8 Å². The molecule has 0 saturated heterocycles. The van der Waals surface area contributed by atoms with Crippen LogP contribution in [-0.2, 0) is 14.3 Å². The molecule has 22 heavy (non-hydrogen) atoms. The first-order valence-corrected chi connectivity index (χ1v) is 6.85. The van der Waals surface area contributed by atoms with Crippen LogP contribution < -0.4 is 15.6 Å². The topological polar surface area (TPSA) is 122 Å². The van der Waals surface area contributed by atoms with Crippen LogP contribution in [0.5, 0.6) is 0 Å². The van der Waals surface area contributed by atoms with Crippen LogP contribution in [-0.4, -0.2) is 43.8 Å². The van der Waals surface area contributed by atoms with E-state index in [1.54, 1.807) is 13.0 Å². The Morgan fingerprint density at radius 1 is 1.32 bits per heavy atom. The monoisotopic (exact) mass is 311 g/mol. The fourth-order valence-electron chi connectivity index (χ4n) is 1.57. The quantitative estimate of drug-likeness (QED) is 0.545. The number of hydrogen-bond donors (Lipinski definition) is 3. The van der Waals surface area contributed by atoms with E-state index in [1.807, 2.05) is 26.1 Å². The van der Waals surface area contributed by atoms with E-state index >= 15 is 0 Å². The fraction of sp³-hybridized carbons (Fsp3) is 0.643. The molecule has 0 rings (SSSR count). The van der Waals surface area contributed by atoms with Crippen LogP contribution in [0.3, 0.4) is 0 Å². The highest BCUT2D eigenvalue weighted by molar-refractivity contribution is 6.01. The van der Waals surface area contributed by atoms with E-state index in [4.69, 9.17) is 5.26 Å². The molecule has 8 heteroatoms. The molecule has 0 spiro atoms. The summed E-state index contributed by atoms with van der Waals surface area (Å²) in [5, 5.41) is 13.5. The van der Waals surface area contributed by atoms with E-state index in [1.165, 1.54) is 13.3 Å². The van der Waals surface area contributed by atoms with Crippen molar-refractivity contribution in [3.63, 3.8) is 0 Å². The summed E-state index contributed by atoms with van der Waals surface area (Å²) < 4.78 is 4.56. The lowest BCUT2D eigenvalue weighted by Gasteiger charge is -2.21. The lowest BCUT2D eigenvalue weighted by Crippen LogP contribution is -2.84. The molecule has 8 nitrogen and oxygen atoms in total. The lowest BCUT2D eigenvalue weighted by molar-refractivity contribution is -0.502. The predicted octanol–water partition coefficient (Wildman–Crippen LogP) is -1.29. The number of nitrogens with one attached hydrogen (secondary N) is 3. The van der Waals surface area contributed by atoms with Crippen molar-refractivity contribution in [2.75, 3.05) is 13.7 Å². The van der Waals surface area contributed by atoms with Gasteiger partial charge in [0.1, 0.15) is 0 Å². The summed E-state index contributed by atoms with van der Waals surface area (Å²) in [4.78, 5) is 37.5. The van der Waals surface area contributed by atoms with Gasteiger partial charge in [-0.25, -0.2) is 9.79 Å². The molecular formula is C14H23N4O4+. The van der Waals surface area contributed by atoms with Crippen LogP contribution >= 0.6 is 0 Å². The first-order valence-electron chi connectivity index (χ1n) is 6.85. The molecule has 0 saturated carbocycles. The van der Waals surface area contributed by atoms with Crippen LogP contribution in [0.2, 0.25) is 0 Å². The van der Waals surface area contributed by atoms with Gasteiger partial charge in [0, 0.05) is 12.5 Å². The van der Waals surface area contributed by atoms with Crippen molar-refractivity contribution in [1.82, 2.24) is 10.6 Å². The molecule has 0 aromatic carbocycles. The van der Waals surface area contributed by atoms with Crippen molar-refractivity contribution in [3.8, 4) is 6.07 Å². The molecule has 0 bridgehead atoms. The van der Waals surface area contributed by atoms with Gasteiger partial charge in [-0.15, -0.1) is 0 Å². The summed E-state index contributed by atoms with van der Waals surface area (Å²) >= 11 is 0. The van der Waals surface area contributed by atoms with Crippen LogP contribution in [0, 0.1) is 22.7 Å². The maximum absolute atomic E-state index is 11.8. The van der Waals surface area contributed by atoms with Gasteiger partial charge in [0.2, 0.25) is 12.0 Å². The molecule has 2 atom stereocenters. The average molecular weight is 311 g/mol. The van der Waals surface area contributed by atoms with E-state index in [9.17, 15) is 14.4 Å². The predicted molar refractivity (Wildman–Crippen MR) is 78.6 cm³/mol. The van der Waals surface area contributed by atoms with Crippen molar-refractivity contribution in [3.05, 3.63) is 0 Å². The van der Waals surface area contributed by atoms with Crippen molar-refractivity contribution in [2.24, 2.45) is 11.3 Å². The number of imide groups is 1. The summed E-state index contributed by atoms with van der Waals surface area (Å²) in [5.74, 6) is -2.33. The third-order valence-electron chi connectivity index (χ3n) is 2.73. The Hall–Kier alpha value is -2.43. The van der Waals surface area contributed by atoms with Gasteiger partial charge >= 0.3 is 6.09 Å². The van der Waals surface area contributed by atoms with Crippen LogP contribution in [0.1, 0.15) is 27.7 Å². The van der Waals surface area contributed by atoms with Gasteiger partial charge < -0.3 is 10.1 Å². The van der Waals surface area contributed by atoms with Gasteiger partial charge in [-0.1, -0.05) is 20.8 Å². The zero-order valence-electron chi connectivity index (χ0n) is 13.5. The molecule has 0 heterocycles. The normalized spacial score (nSPS) is 13.8. The first-order chi connectivity index (χ1) is 10.2. The van der Waals surface area contributed by atoms with E-state index in [0.717, 1.165) is 0 Å². The molecule has 0 fully saturated rings.